The minimum absolute atomic E-state index is 0.294. The van der Waals surface area contributed by atoms with E-state index in [0.29, 0.717) is 30.7 Å². The fourth-order valence-electron chi connectivity index (χ4n) is 3.61. The van der Waals surface area contributed by atoms with Gasteiger partial charge in [-0.15, -0.1) is 0 Å². The quantitative estimate of drug-likeness (QED) is 0.807. The molecule has 3 heteroatoms. The van der Waals surface area contributed by atoms with Crippen molar-refractivity contribution in [3.63, 3.8) is 0 Å². The van der Waals surface area contributed by atoms with Crippen LogP contribution < -0.4 is 5.32 Å². The number of hydrogen-bond acceptors (Lipinski definition) is 3. The number of aliphatic hydroxyl groups excluding tert-OH is 1. The Kier molecular flexibility index (Phi) is 5.05. The number of piperazine rings is 1. The molecule has 0 aromatic rings. The summed E-state index contributed by atoms with van der Waals surface area (Å²) in [6, 6.07) is 1.62. The second-order valence-corrected chi connectivity index (χ2v) is 6.72. The molecule has 3 nitrogen and oxygen atoms in total. The van der Waals surface area contributed by atoms with Crippen molar-refractivity contribution >= 4 is 0 Å². The molecule has 1 heterocycles. The zero-order chi connectivity index (χ0) is 13.1. The van der Waals surface area contributed by atoms with Crippen molar-refractivity contribution in [1.29, 1.82) is 0 Å². The van der Waals surface area contributed by atoms with Crippen LogP contribution in [0.15, 0.2) is 0 Å². The Balaban J connectivity index is 2.01. The van der Waals surface area contributed by atoms with Crippen LogP contribution in [0.2, 0.25) is 0 Å². The van der Waals surface area contributed by atoms with Crippen LogP contribution in [-0.4, -0.2) is 47.8 Å². The second kappa shape index (κ2) is 6.36. The zero-order valence-corrected chi connectivity index (χ0v) is 12.2. The summed E-state index contributed by atoms with van der Waals surface area (Å²) in [5.74, 6) is 1.53. The average Bonchev–Trinajstić information content (AvgIpc) is 2.38. The number of hydrogen-bond donors (Lipinski definition) is 2. The molecule has 2 aliphatic rings. The molecule has 4 atom stereocenters. The van der Waals surface area contributed by atoms with Gasteiger partial charge in [0, 0.05) is 31.2 Å². The van der Waals surface area contributed by atoms with Crippen LogP contribution in [0.5, 0.6) is 0 Å². The van der Waals surface area contributed by atoms with Gasteiger partial charge in [0.05, 0.1) is 6.61 Å². The topological polar surface area (TPSA) is 35.5 Å². The van der Waals surface area contributed by atoms with Crippen LogP contribution in [0.1, 0.15) is 46.5 Å². The molecular formula is C15H30N2O. The normalized spacial score (nSPS) is 39.2. The molecule has 1 saturated heterocycles. The maximum Gasteiger partial charge on any atom is 0.0599 e. The highest BCUT2D eigenvalue weighted by Crippen LogP contribution is 2.29. The molecule has 1 saturated carbocycles. The summed E-state index contributed by atoms with van der Waals surface area (Å²) < 4.78 is 0. The Morgan fingerprint density at radius 2 is 2.11 bits per heavy atom. The third kappa shape index (κ3) is 3.25. The highest BCUT2D eigenvalue weighted by atomic mass is 16.3. The molecular weight excluding hydrogens is 224 g/mol. The predicted molar refractivity (Wildman–Crippen MR) is 75.6 cm³/mol. The molecule has 1 aliphatic heterocycles. The molecule has 106 valence electrons. The molecule has 18 heavy (non-hydrogen) atoms. The molecule has 2 rings (SSSR count). The minimum Gasteiger partial charge on any atom is -0.395 e. The molecule has 4 unspecified atom stereocenters. The maximum absolute atomic E-state index is 9.60. The summed E-state index contributed by atoms with van der Waals surface area (Å²) in [6.07, 6.45) is 5.40. The third-order valence-corrected chi connectivity index (χ3v) is 4.89. The molecule has 2 N–H and O–H groups in total. The lowest BCUT2D eigenvalue weighted by molar-refractivity contribution is 0.0162. The summed E-state index contributed by atoms with van der Waals surface area (Å²) >= 11 is 0. The van der Waals surface area contributed by atoms with Crippen LogP contribution in [0.4, 0.5) is 0 Å². The molecule has 0 aromatic carbocycles. The highest BCUT2D eigenvalue weighted by molar-refractivity contribution is 4.92. The predicted octanol–water partition coefficient (Wildman–Crippen LogP) is 1.86. The van der Waals surface area contributed by atoms with Crippen molar-refractivity contribution in [2.45, 2.75) is 64.6 Å². The molecule has 0 aromatic heterocycles. The Bertz CT molecular complexity index is 257. The summed E-state index contributed by atoms with van der Waals surface area (Å²) in [5.41, 5.74) is 0. The molecule has 1 aliphatic carbocycles. The summed E-state index contributed by atoms with van der Waals surface area (Å²) in [4.78, 5) is 2.61. The fourth-order valence-corrected chi connectivity index (χ4v) is 3.61. The van der Waals surface area contributed by atoms with Gasteiger partial charge in [-0.05, 0) is 24.7 Å². The van der Waals surface area contributed by atoms with E-state index in [1.54, 1.807) is 0 Å². The Morgan fingerprint density at radius 1 is 1.33 bits per heavy atom. The first kappa shape index (κ1) is 14.3. The van der Waals surface area contributed by atoms with Crippen LogP contribution in [-0.2, 0) is 0 Å². The zero-order valence-electron chi connectivity index (χ0n) is 12.2. The van der Waals surface area contributed by atoms with Gasteiger partial charge in [-0.25, -0.2) is 0 Å². The van der Waals surface area contributed by atoms with E-state index >= 15 is 0 Å². The van der Waals surface area contributed by atoms with Crippen LogP contribution >= 0.6 is 0 Å². The fraction of sp³-hybridized carbons (Fsp3) is 1.00. The van der Waals surface area contributed by atoms with Gasteiger partial charge in [-0.3, -0.25) is 4.90 Å². The van der Waals surface area contributed by atoms with Crippen molar-refractivity contribution < 1.29 is 5.11 Å². The van der Waals surface area contributed by atoms with E-state index in [0.717, 1.165) is 19.0 Å². The smallest absolute Gasteiger partial charge is 0.0599 e. The van der Waals surface area contributed by atoms with Gasteiger partial charge in [0.1, 0.15) is 0 Å². The van der Waals surface area contributed by atoms with Crippen molar-refractivity contribution in [1.82, 2.24) is 10.2 Å². The van der Waals surface area contributed by atoms with E-state index in [9.17, 15) is 5.11 Å². The number of aliphatic hydroxyl groups is 1. The molecule has 0 spiro atoms. The Morgan fingerprint density at radius 3 is 2.72 bits per heavy atom. The Hall–Kier alpha value is -0.120. The molecule has 0 radical (unpaired) electrons. The summed E-state index contributed by atoms with van der Waals surface area (Å²) in [6.45, 7) is 9.31. The van der Waals surface area contributed by atoms with E-state index in [4.69, 9.17) is 0 Å². The average molecular weight is 254 g/mol. The lowest BCUT2D eigenvalue weighted by atomic mass is 9.84. The minimum atomic E-state index is 0.294. The summed E-state index contributed by atoms with van der Waals surface area (Å²) in [5, 5.41) is 13.2. The van der Waals surface area contributed by atoms with E-state index in [1.165, 1.54) is 25.7 Å². The largest absolute Gasteiger partial charge is 0.395 e. The standard InChI is InChI=1S/C15H30N2O/c1-11(2)15-9-17(14(10-18)8-16-15)13-6-4-5-12(3)7-13/h11-16,18H,4-10H2,1-3H3. The highest BCUT2D eigenvalue weighted by Gasteiger charge is 2.34. The van der Waals surface area contributed by atoms with Crippen LogP contribution in [0, 0.1) is 11.8 Å². The number of rotatable bonds is 3. The van der Waals surface area contributed by atoms with Crippen molar-refractivity contribution in [3.8, 4) is 0 Å². The van der Waals surface area contributed by atoms with Gasteiger partial charge in [-0.1, -0.05) is 33.6 Å². The first-order valence-corrected chi connectivity index (χ1v) is 7.71. The summed E-state index contributed by atoms with van der Waals surface area (Å²) in [7, 11) is 0. The first-order valence-electron chi connectivity index (χ1n) is 7.71. The van der Waals surface area contributed by atoms with E-state index in [1.807, 2.05) is 0 Å². The van der Waals surface area contributed by atoms with Gasteiger partial charge < -0.3 is 10.4 Å². The van der Waals surface area contributed by atoms with Crippen molar-refractivity contribution in [2.75, 3.05) is 19.7 Å². The lowest BCUT2D eigenvalue weighted by Crippen LogP contribution is -2.62. The van der Waals surface area contributed by atoms with Crippen molar-refractivity contribution in [2.24, 2.45) is 11.8 Å². The van der Waals surface area contributed by atoms with Crippen molar-refractivity contribution in [3.05, 3.63) is 0 Å². The number of nitrogens with zero attached hydrogens (tertiary/aromatic N) is 1. The van der Waals surface area contributed by atoms with Crippen LogP contribution in [0.25, 0.3) is 0 Å². The maximum atomic E-state index is 9.60. The molecule has 0 amide bonds. The van der Waals surface area contributed by atoms with Crippen LogP contribution in [0.3, 0.4) is 0 Å². The van der Waals surface area contributed by atoms with E-state index in [2.05, 4.69) is 31.0 Å². The van der Waals surface area contributed by atoms with Gasteiger partial charge in [-0.2, -0.15) is 0 Å². The monoisotopic (exact) mass is 254 g/mol. The Labute approximate surface area is 112 Å². The first-order chi connectivity index (χ1) is 8.61. The van der Waals surface area contributed by atoms with E-state index < -0.39 is 0 Å². The van der Waals surface area contributed by atoms with Gasteiger partial charge >= 0.3 is 0 Å². The second-order valence-electron chi connectivity index (χ2n) is 6.72. The van der Waals surface area contributed by atoms with Gasteiger partial charge in [0.15, 0.2) is 0 Å². The molecule has 2 fully saturated rings. The lowest BCUT2D eigenvalue weighted by Gasteiger charge is -2.47. The van der Waals surface area contributed by atoms with Gasteiger partial charge in [0.25, 0.3) is 0 Å². The van der Waals surface area contributed by atoms with E-state index in [-0.39, 0.29) is 0 Å². The molecule has 0 bridgehead atoms. The van der Waals surface area contributed by atoms with Gasteiger partial charge in [0.2, 0.25) is 0 Å². The SMILES string of the molecule is CC1CCCC(N2CC(C(C)C)NCC2CO)C1. The number of nitrogens with one attached hydrogen (secondary N) is 1. The third-order valence-electron chi connectivity index (χ3n) is 4.89.